The molecule has 0 bridgehead atoms. The quantitative estimate of drug-likeness (QED) is 0.807. The molecule has 0 aromatic carbocycles. The summed E-state index contributed by atoms with van der Waals surface area (Å²) in [4.78, 5) is 17.1. The molecule has 7 heteroatoms. The van der Waals surface area contributed by atoms with Crippen LogP contribution < -0.4 is 5.32 Å². The average Bonchev–Trinajstić information content (AvgIpc) is 3.02. The van der Waals surface area contributed by atoms with E-state index in [1.807, 2.05) is 11.8 Å². The Balaban J connectivity index is 0.00000132. The van der Waals surface area contributed by atoms with Crippen LogP contribution >= 0.6 is 36.6 Å². The lowest BCUT2D eigenvalue weighted by Gasteiger charge is -2.35. The Morgan fingerprint density at radius 3 is 2.39 bits per heavy atom. The second kappa shape index (κ2) is 11.0. The van der Waals surface area contributed by atoms with Gasteiger partial charge in [0.25, 0.3) is 0 Å². The summed E-state index contributed by atoms with van der Waals surface area (Å²) < 4.78 is 0. The maximum Gasteiger partial charge on any atom is 0.224 e. The average molecular weight is 384 g/mol. The Hall–Kier alpha value is 0.320. The fourth-order valence-electron chi connectivity index (χ4n) is 3.79. The highest BCUT2D eigenvalue weighted by molar-refractivity contribution is 7.99. The minimum atomic E-state index is 0. The Morgan fingerprint density at radius 1 is 1.09 bits per heavy atom. The van der Waals surface area contributed by atoms with Gasteiger partial charge >= 0.3 is 0 Å². The molecule has 3 rings (SSSR count). The van der Waals surface area contributed by atoms with E-state index in [0.29, 0.717) is 18.4 Å². The summed E-state index contributed by atoms with van der Waals surface area (Å²) in [5.74, 6) is 3.47. The minimum absolute atomic E-state index is 0. The lowest BCUT2D eigenvalue weighted by molar-refractivity contribution is -0.133. The summed E-state index contributed by atoms with van der Waals surface area (Å²) in [6.45, 7) is 6.88. The molecule has 1 unspecified atom stereocenters. The van der Waals surface area contributed by atoms with Crippen LogP contribution in [0.15, 0.2) is 0 Å². The summed E-state index contributed by atoms with van der Waals surface area (Å²) in [6.07, 6.45) is 5.86. The molecule has 0 radical (unpaired) electrons. The van der Waals surface area contributed by atoms with Crippen molar-refractivity contribution in [3.05, 3.63) is 0 Å². The van der Waals surface area contributed by atoms with Gasteiger partial charge < -0.3 is 15.1 Å². The van der Waals surface area contributed by atoms with E-state index in [0.717, 1.165) is 31.3 Å². The monoisotopic (exact) mass is 383 g/mol. The fourth-order valence-corrected chi connectivity index (χ4v) is 4.74. The van der Waals surface area contributed by atoms with Gasteiger partial charge in [-0.2, -0.15) is 11.8 Å². The van der Waals surface area contributed by atoms with Crippen molar-refractivity contribution in [2.75, 3.05) is 50.8 Å². The van der Waals surface area contributed by atoms with Crippen LogP contribution in [-0.4, -0.2) is 72.5 Å². The zero-order valence-corrected chi connectivity index (χ0v) is 16.3. The van der Waals surface area contributed by atoms with Gasteiger partial charge in [-0.25, -0.2) is 0 Å². The van der Waals surface area contributed by atoms with E-state index >= 15 is 0 Å². The predicted molar refractivity (Wildman–Crippen MR) is 103 cm³/mol. The van der Waals surface area contributed by atoms with Crippen molar-refractivity contribution in [1.29, 1.82) is 0 Å². The van der Waals surface area contributed by atoms with Crippen LogP contribution in [0, 0.1) is 5.92 Å². The summed E-state index contributed by atoms with van der Waals surface area (Å²) >= 11 is 1.97. The second-order valence-corrected chi connectivity index (χ2v) is 7.91. The third-order valence-corrected chi connectivity index (χ3v) is 6.23. The third-order valence-electron chi connectivity index (χ3n) is 5.10. The molecular formula is C16H31Cl2N3OS. The largest absolute Gasteiger partial charge is 0.343 e. The fraction of sp³-hybridized carbons (Fsp3) is 0.938. The third kappa shape index (κ3) is 6.62. The normalized spacial score (nSPS) is 26.4. The smallest absolute Gasteiger partial charge is 0.224 e. The molecule has 0 aromatic heterocycles. The van der Waals surface area contributed by atoms with E-state index in [1.165, 1.54) is 51.1 Å². The van der Waals surface area contributed by atoms with E-state index in [1.54, 1.807) is 0 Å². The molecule has 23 heavy (non-hydrogen) atoms. The van der Waals surface area contributed by atoms with E-state index in [4.69, 9.17) is 0 Å². The Kier molecular flexibility index (Phi) is 10.3. The van der Waals surface area contributed by atoms with E-state index < -0.39 is 0 Å². The number of thioether (sulfide) groups is 1. The number of hydrogen-bond donors (Lipinski definition) is 1. The SMILES string of the molecule is Cl.Cl.O=C(CC1CSCCN1)N1CCC(CN2CCCC2)CC1. The van der Waals surface area contributed by atoms with Gasteiger partial charge in [0.2, 0.25) is 5.91 Å². The number of carbonyl (C=O) groups is 1. The van der Waals surface area contributed by atoms with Gasteiger partial charge in [-0.1, -0.05) is 0 Å². The van der Waals surface area contributed by atoms with Gasteiger partial charge in [0, 0.05) is 50.1 Å². The van der Waals surface area contributed by atoms with Crippen LogP contribution in [0.2, 0.25) is 0 Å². The maximum absolute atomic E-state index is 12.4. The van der Waals surface area contributed by atoms with E-state index in [9.17, 15) is 4.79 Å². The molecule has 0 saturated carbocycles. The van der Waals surface area contributed by atoms with Crippen molar-refractivity contribution >= 4 is 42.5 Å². The van der Waals surface area contributed by atoms with Gasteiger partial charge in [-0.15, -0.1) is 24.8 Å². The molecule has 3 aliphatic heterocycles. The molecule has 0 aromatic rings. The van der Waals surface area contributed by atoms with Crippen molar-refractivity contribution < 1.29 is 4.79 Å². The van der Waals surface area contributed by atoms with E-state index in [-0.39, 0.29) is 24.8 Å². The van der Waals surface area contributed by atoms with Crippen LogP contribution in [0.25, 0.3) is 0 Å². The highest BCUT2D eigenvalue weighted by Gasteiger charge is 2.26. The minimum Gasteiger partial charge on any atom is -0.343 e. The van der Waals surface area contributed by atoms with Crippen molar-refractivity contribution in [3.63, 3.8) is 0 Å². The van der Waals surface area contributed by atoms with Crippen LogP contribution in [0.4, 0.5) is 0 Å². The number of halogens is 2. The number of carbonyl (C=O) groups excluding carboxylic acids is 1. The number of hydrogen-bond acceptors (Lipinski definition) is 4. The Labute approximate surface area is 157 Å². The number of nitrogens with one attached hydrogen (secondary N) is 1. The number of rotatable bonds is 4. The lowest BCUT2D eigenvalue weighted by atomic mass is 9.96. The Morgan fingerprint density at radius 2 is 1.78 bits per heavy atom. The topological polar surface area (TPSA) is 35.6 Å². The number of likely N-dealkylation sites (tertiary alicyclic amines) is 2. The molecule has 136 valence electrons. The number of nitrogens with zero attached hydrogens (tertiary/aromatic N) is 2. The van der Waals surface area contributed by atoms with Gasteiger partial charge in [0.15, 0.2) is 0 Å². The van der Waals surface area contributed by atoms with Crippen molar-refractivity contribution in [1.82, 2.24) is 15.1 Å². The maximum atomic E-state index is 12.4. The molecule has 3 saturated heterocycles. The molecular weight excluding hydrogens is 353 g/mol. The zero-order chi connectivity index (χ0) is 14.5. The van der Waals surface area contributed by atoms with Crippen LogP contribution in [0.5, 0.6) is 0 Å². The van der Waals surface area contributed by atoms with Crippen molar-refractivity contribution in [2.45, 2.75) is 38.1 Å². The number of piperidine rings is 1. The molecule has 0 spiro atoms. The first-order valence-corrected chi connectivity index (χ1v) is 9.78. The summed E-state index contributed by atoms with van der Waals surface area (Å²) in [7, 11) is 0. The summed E-state index contributed by atoms with van der Waals surface area (Å²) in [5.41, 5.74) is 0. The highest BCUT2D eigenvalue weighted by Crippen LogP contribution is 2.21. The highest BCUT2D eigenvalue weighted by atomic mass is 35.5. The summed E-state index contributed by atoms with van der Waals surface area (Å²) in [5, 5.41) is 3.47. The van der Waals surface area contributed by atoms with Gasteiger partial charge in [0.05, 0.1) is 0 Å². The van der Waals surface area contributed by atoms with Crippen molar-refractivity contribution in [2.24, 2.45) is 5.92 Å². The van der Waals surface area contributed by atoms with Gasteiger partial charge in [0.1, 0.15) is 0 Å². The number of amides is 1. The van der Waals surface area contributed by atoms with Crippen LogP contribution in [0.3, 0.4) is 0 Å². The molecule has 1 atom stereocenters. The van der Waals surface area contributed by atoms with Crippen LogP contribution in [0.1, 0.15) is 32.1 Å². The first kappa shape index (κ1) is 21.4. The Bertz CT molecular complexity index is 342. The first-order chi connectivity index (χ1) is 10.3. The molecule has 1 amide bonds. The van der Waals surface area contributed by atoms with Gasteiger partial charge in [-0.3, -0.25) is 4.79 Å². The zero-order valence-electron chi connectivity index (χ0n) is 13.9. The molecule has 4 nitrogen and oxygen atoms in total. The lowest BCUT2D eigenvalue weighted by Crippen LogP contribution is -2.45. The molecule has 0 aliphatic carbocycles. The molecule has 3 fully saturated rings. The molecule has 3 aliphatic rings. The first-order valence-electron chi connectivity index (χ1n) is 8.62. The molecule has 1 N–H and O–H groups in total. The second-order valence-electron chi connectivity index (χ2n) is 6.76. The molecule has 3 heterocycles. The summed E-state index contributed by atoms with van der Waals surface area (Å²) in [6, 6.07) is 0.401. The van der Waals surface area contributed by atoms with Gasteiger partial charge in [-0.05, 0) is 44.7 Å². The standard InChI is InChI=1S/C16H29N3OS.2ClH/c20-16(11-15-13-21-10-5-17-15)19-8-3-14(4-9-19)12-18-6-1-2-7-18;;/h14-15,17H,1-13H2;2*1H. The predicted octanol–water partition coefficient (Wildman–Crippen LogP) is 2.26. The van der Waals surface area contributed by atoms with E-state index in [2.05, 4.69) is 15.1 Å². The van der Waals surface area contributed by atoms with Crippen LogP contribution in [-0.2, 0) is 4.79 Å². The van der Waals surface area contributed by atoms with Crippen molar-refractivity contribution in [3.8, 4) is 0 Å².